The third-order valence-corrected chi connectivity index (χ3v) is 8.20. The number of halogens is 2. The highest BCUT2D eigenvalue weighted by molar-refractivity contribution is 7.89. The molecule has 12 heteroatoms. The molecule has 0 saturated carbocycles. The smallest absolute Gasteiger partial charge is 0.326 e. The number of rotatable bonds is 8. The fraction of sp³-hybridized carbons (Fsp3) is 0.318. The Morgan fingerprint density at radius 1 is 1.15 bits per heavy atom. The molecular weight excluding hydrogens is 505 g/mol. The van der Waals surface area contributed by atoms with Gasteiger partial charge in [0.1, 0.15) is 11.6 Å². The third-order valence-electron chi connectivity index (χ3n) is 5.77. The maximum atomic E-state index is 13.3. The number of carbonyl (C=O) groups excluding carboxylic acids is 2. The van der Waals surface area contributed by atoms with Crippen molar-refractivity contribution in [1.29, 1.82) is 0 Å². The van der Waals surface area contributed by atoms with Crippen LogP contribution in [0.1, 0.15) is 35.7 Å². The number of benzene rings is 2. The molecule has 2 aromatic rings. The Morgan fingerprint density at radius 2 is 1.74 bits per heavy atom. The van der Waals surface area contributed by atoms with Crippen LogP contribution in [0.2, 0.25) is 10.0 Å². The highest BCUT2D eigenvalue weighted by Crippen LogP contribution is 2.36. The molecular formula is C22H23Cl2N3O6S. The first-order valence-corrected chi connectivity index (χ1v) is 12.5. The van der Waals surface area contributed by atoms with Gasteiger partial charge in [0.2, 0.25) is 21.8 Å². The molecule has 0 spiro atoms. The van der Waals surface area contributed by atoms with Crippen molar-refractivity contribution in [2.45, 2.75) is 42.7 Å². The molecule has 4 N–H and O–H groups in total. The average Bonchev–Trinajstić information content (AvgIpc) is 3.16. The fourth-order valence-electron chi connectivity index (χ4n) is 3.91. The number of hydrogen-bond acceptors (Lipinski definition) is 5. The average molecular weight is 528 g/mol. The Kier molecular flexibility index (Phi) is 7.56. The Bertz CT molecular complexity index is 1220. The normalized spacial score (nSPS) is 19.5. The summed E-state index contributed by atoms with van der Waals surface area (Å²) in [4.78, 5) is 36.2. The standard InChI is InChI=1S/C22H23Cl2N3O6S/c1-22(7-2-8-27(22)34(32,33)17-11-15(23)10-16(24)12-17)21(31)26-18(20(29)30)9-13-3-5-14(6-4-13)19(25)28/h3-6,10-12,18H,2,7-9H2,1H3,(H2,25,28)(H,26,31)(H,29,30)/t18?,22-/m0/s1. The molecule has 1 heterocycles. The molecule has 0 aliphatic carbocycles. The largest absolute Gasteiger partial charge is 0.480 e. The maximum Gasteiger partial charge on any atom is 0.326 e. The summed E-state index contributed by atoms with van der Waals surface area (Å²) in [6, 6.07) is 8.56. The lowest BCUT2D eigenvalue weighted by molar-refractivity contribution is -0.143. The van der Waals surface area contributed by atoms with E-state index in [-0.39, 0.29) is 39.9 Å². The van der Waals surface area contributed by atoms with Gasteiger partial charge < -0.3 is 16.2 Å². The number of nitrogens with two attached hydrogens (primary N) is 1. The van der Waals surface area contributed by atoms with Crippen LogP contribution in [0.3, 0.4) is 0 Å². The summed E-state index contributed by atoms with van der Waals surface area (Å²) in [7, 11) is -4.15. The van der Waals surface area contributed by atoms with E-state index in [0.717, 1.165) is 4.31 Å². The van der Waals surface area contributed by atoms with Crippen molar-refractivity contribution >= 4 is 51.0 Å². The summed E-state index contributed by atoms with van der Waals surface area (Å²) in [6.07, 6.45) is 0.530. The molecule has 1 aliphatic heterocycles. The van der Waals surface area contributed by atoms with E-state index >= 15 is 0 Å². The number of primary amides is 1. The maximum absolute atomic E-state index is 13.3. The van der Waals surface area contributed by atoms with Crippen molar-refractivity contribution in [3.8, 4) is 0 Å². The van der Waals surface area contributed by atoms with E-state index in [0.29, 0.717) is 12.0 Å². The Balaban J connectivity index is 1.84. The van der Waals surface area contributed by atoms with Crippen molar-refractivity contribution in [3.63, 3.8) is 0 Å². The van der Waals surface area contributed by atoms with Gasteiger partial charge in [-0.3, -0.25) is 9.59 Å². The van der Waals surface area contributed by atoms with Crippen molar-refractivity contribution in [1.82, 2.24) is 9.62 Å². The zero-order valence-electron chi connectivity index (χ0n) is 18.1. The molecule has 2 atom stereocenters. The lowest BCUT2D eigenvalue weighted by Gasteiger charge is -2.34. The van der Waals surface area contributed by atoms with Gasteiger partial charge in [0.05, 0.1) is 4.90 Å². The van der Waals surface area contributed by atoms with E-state index in [1.165, 1.54) is 37.3 Å². The molecule has 0 radical (unpaired) electrons. The molecule has 1 aliphatic rings. The van der Waals surface area contributed by atoms with E-state index in [9.17, 15) is 27.9 Å². The predicted molar refractivity (Wildman–Crippen MR) is 126 cm³/mol. The summed E-state index contributed by atoms with van der Waals surface area (Å²) in [6.45, 7) is 1.53. The molecule has 182 valence electrons. The Hall–Kier alpha value is -2.66. The minimum atomic E-state index is -4.15. The number of aliphatic carboxylic acids is 1. The SMILES string of the molecule is C[C@@]1(C(=O)NC(Cc2ccc(C(N)=O)cc2)C(=O)O)CCCN1S(=O)(=O)c1cc(Cl)cc(Cl)c1. The molecule has 34 heavy (non-hydrogen) atoms. The number of nitrogens with one attached hydrogen (secondary N) is 1. The van der Waals surface area contributed by atoms with Crippen molar-refractivity contribution in [2.75, 3.05) is 6.54 Å². The second-order valence-electron chi connectivity index (χ2n) is 8.19. The number of hydrogen-bond donors (Lipinski definition) is 3. The van der Waals surface area contributed by atoms with E-state index < -0.39 is 39.4 Å². The van der Waals surface area contributed by atoms with Gasteiger partial charge in [0.15, 0.2) is 0 Å². The number of sulfonamides is 1. The third kappa shape index (κ3) is 5.35. The molecule has 3 rings (SSSR count). The van der Waals surface area contributed by atoms with Crippen molar-refractivity contribution in [3.05, 3.63) is 63.6 Å². The van der Waals surface area contributed by atoms with Crippen LogP contribution in [0, 0.1) is 0 Å². The predicted octanol–water partition coefficient (Wildman–Crippen LogP) is 2.45. The molecule has 2 amide bonds. The first kappa shape index (κ1) is 26.0. The van der Waals surface area contributed by atoms with E-state index in [4.69, 9.17) is 28.9 Å². The highest BCUT2D eigenvalue weighted by atomic mass is 35.5. The van der Waals surface area contributed by atoms with Crippen LogP contribution in [0.5, 0.6) is 0 Å². The molecule has 0 aromatic heterocycles. The van der Waals surface area contributed by atoms with Crippen LogP contribution < -0.4 is 11.1 Å². The van der Waals surface area contributed by atoms with E-state index in [2.05, 4.69) is 5.32 Å². The van der Waals surface area contributed by atoms with Gasteiger partial charge in [-0.2, -0.15) is 4.31 Å². The topological polar surface area (TPSA) is 147 Å². The molecule has 9 nitrogen and oxygen atoms in total. The first-order chi connectivity index (χ1) is 15.8. The minimum Gasteiger partial charge on any atom is -0.480 e. The molecule has 1 saturated heterocycles. The number of carboxylic acid groups (broad SMARTS) is 1. The highest BCUT2D eigenvalue weighted by Gasteiger charge is 2.50. The van der Waals surface area contributed by atoms with Crippen molar-refractivity contribution < 1.29 is 27.9 Å². The summed E-state index contributed by atoms with van der Waals surface area (Å²) < 4.78 is 27.7. The molecule has 1 fully saturated rings. The Morgan fingerprint density at radius 3 is 2.26 bits per heavy atom. The zero-order chi connectivity index (χ0) is 25.3. The van der Waals surface area contributed by atoms with Gasteiger partial charge in [-0.15, -0.1) is 0 Å². The number of nitrogens with zero attached hydrogens (tertiary/aromatic N) is 1. The zero-order valence-corrected chi connectivity index (χ0v) is 20.5. The minimum absolute atomic E-state index is 0.0721. The second-order valence-corrected chi connectivity index (χ2v) is 10.9. The van der Waals surface area contributed by atoms with Gasteiger partial charge in [0.25, 0.3) is 0 Å². The number of carbonyl (C=O) groups is 3. The molecule has 0 bridgehead atoms. The first-order valence-electron chi connectivity index (χ1n) is 10.3. The molecule has 2 aromatic carbocycles. The van der Waals surface area contributed by atoms with E-state index in [1.54, 1.807) is 12.1 Å². The van der Waals surface area contributed by atoms with Gasteiger partial charge >= 0.3 is 5.97 Å². The quantitative estimate of drug-likeness (QED) is 0.480. The lowest BCUT2D eigenvalue weighted by Crippen LogP contribution is -2.58. The summed E-state index contributed by atoms with van der Waals surface area (Å²) in [5.74, 6) is -2.64. The fourth-order valence-corrected chi connectivity index (χ4v) is 6.45. The number of carboxylic acids is 1. The van der Waals surface area contributed by atoms with Crippen LogP contribution in [0.4, 0.5) is 0 Å². The van der Waals surface area contributed by atoms with Gasteiger partial charge in [0, 0.05) is 28.6 Å². The van der Waals surface area contributed by atoms with Gasteiger partial charge in [-0.25, -0.2) is 13.2 Å². The van der Waals surface area contributed by atoms with Crippen molar-refractivity contribution in [2.24, 2.45) is 5.73 Å². The monoisotopic (exact) mass is 527 g/mol. The second kappa shape index (κ2) is 9.91. The van der Waals surface area contributed by atoms with Gasteiger partial charge in [-0.05, 0) is 55.7 Å². The lowest BCUT2D eigenvalue weighted by atomic mass is 9.97. The van der Waals surface area contributed by atoms with Crippen LogP contribution in [0.15, 0.2) is 47.4 Å². The summed E-state index contributed by atoms with van der Waals surface area (Å²) in [5.41, 5.74) is 4.51. The molecule has 1 unspecified atom stereocenters. The summed E-state index contributed by atoms with van der Waals surface area (Å²) >= 11 is 11.9. The van der Waals surface area contributed by atoms with Gasteiger partial charge in [-0.1, -0.05) is 35.3 Å². The van der Waals surface area contributed by atoms with Crippen LogP contribution >= 0.6 is 23.2 Å². The van der Waals surface area contributed by atoms with Crippen LogP contribution in [0.25, 0.3) is 0 Å². The Labute approximate surface area is 206 Å². The van der Waals surface area contributed by atoms with E-state index in [1.807, 2.05) is 0 Å². The van der Waals surface area contributed by atoms with Crippen LogP contribution in [-0.4, -0.2) is 53.7 Å². The van der Waals surface area contributed by atoms with Crippen LogP contribution in [-0.2, 0) is 26.0 Å². The number of amides is 2. The summed E-state index contributed by atoms with van der Waals surface area (Å²) in [5, 5.41) is 12.4.